The quantitative estimate of drug-likeness (QED) is 0.710. The zero-order chi connectivity index (χ0) is 9.90. The minimum atomic E-state index is -0.325. The molecule has 1 fully saturated rings. The Morgan fingerprint density at radius 1 is 1.54 bits per heavy atom. The van der Waals surface area contributed by atoms with Crippen LogP contribution in [0.1, 0.15) is 59.3 Å². The van der Waals surface area contributed by atoms with Crippen molar-refractivity contribution in [3.63, 3.8) is 0 Å². The highest BCUT2D eigenvalue weighted by Crippen LogP contribution is 2.40. The average Bonchev–Trinajstić information content (AvgIpc) is 2.32. The molecule has 0 amide bonds. The molecule has 0 aromatic carbocycles. The molecule has 0 aliphatic heterocycles. The van der Waals surface area contributed by atoms with Gasteiger partial charge in [0.2, 0.25) is 0 Å². The minimum Gasteiger partial charge on any atom is -0.390 e. The van der Waals surface area contributed by atoms with Gasteiger partial charge in [-0.1, -0.05) is 40.0 Å². The van der Waals surface area contributed by atoms with Gasteiger partial charge in [-0.2, -0.15) is 0 Å². The Hall–Kier alpha value is -0.0400. The Kier molecular flexibility index (Phi) is 3.78. The van der Waals surface area contributed by atoms with Gasteiger partial charge in [0.05, 0.1) is 5.60 Å². The highest BCUT2D eigenvalue weighted by Gasteiger charge is 2.38. The van der Waals surface area contributed by atoms with Crippen LogP contribution in [-0.4, -0.2) is 10.7 Å². The lowest BCUT2D eigenvalue weighted by molar-refractivity contribution is -0.0125. The molecule has 1 nitrogen and oxygen atoms in total. The molecular formula is C12H24O. The molecule has 1 N–H and O–H groups in total. The third-order valence-corrected chi connectivity index (χ3v) is 3.65. The summed E-state index contributed by atoms with van der Waals surface area (Å²) in [6, 6.07) is 0. The van der Waals surface area contributed by atoms with E-state index in [-0.39, 0.29) is 5.60 Å². The number of rotatable bonds is 4. The molecule has 1 saturated carbocycles. The largest absolute Gasteiger partial charge is 0.390 e. The lowest BCUT2D eigenvalue weighted by atomic mass is 9.82. The molecule has 3 atom stereocenters. The van der Waals surface area contributed by atoms with E-state index in [1.54, 1.807) is 0 Å². The summed E-state index contributed by atoms with van der Waals surface area (Å²) in [6.07, 6.45) is 6.98. The summed E-state index contributed by atoms with van der Waals surface area (Å²) in [5, 5.41) is 10.4. The molecule has 0 aromatic rings. The molecule has 78 valence electrons. The van der Waals surface area contributed by atoms with Crippen LogP contribution in [0.2, 0.25) is 0 Å². The fraction of sp³-hybridized carbons (Fsp3) is 1.00. The molecule has 1 aliphatic carbocycles. The fourth-order valence-corrected chi connectivity index (χ4v) is 2.73. The second kappa shape index (κ2) is 4.45. The highest BCUT2D eigenvalue weighted by atomic mass is 16.3. The van der Waals surface area contributed by atoms with Gasteiger partial charge in [-0.25, -0.2) is 0 Å². The van der Waals surface area contributed by atoms with E-state index in [0.717, 1.165) is 12.8 Å². The summed E-state index contributed by atoms with van der Waals surface area (Å²) in [7, 11) is 0. The van der Waals surface area contributed by atoms with Gasteiger partial charge in [0.25, 0.3) is 0 Å². The van der Waals surface area contributed by atoms with Crippen LogP contribution < -0.4 is 0 Å². The van der Waals surface area contributed by atoms with Crippen molar-refractivity contribution < 1.29 is 5.11 Å². The van der Waals surface area contributed by atoms with E-state index in [0.29, 0.717) is 11.8 Å². The van der Waals surface area contributed by atoms with E-state index >= 15 is 0 Å². The molecule has 0 saturated heterocycles. The highest BCUT2D eigenvalue weighted by molar-refractivity contribution is 4.90. The zero-order valence-electron chi connectivity index (χ0n) is 9.34. The van der Waals surface area contributed by atoms with E-state index in [1.165, 1.54) is 25.7 Å². The monoisotopic (exact) mass is 184 g/mol. The Bertz CT molecular complexity index is 155. The summed E-state index contributed by atoms with van der Waals surface area (Å²) in [5.41, 5.74) is -0.325. The van der Waals surface area contributed by atoms with Gasteiger partial charge in [0.15, 0.2) is 0 Å². The molecule has 1 heteroatoms. The predicted octanol–water partition coefficient (Wildman–Crippen LogP) is 3.36. The maximum atomic E-state index is 10.4. The van der Waals surface area contributed by atoms with Crippen LogP contribution in [0, 0.1) is 11.8 Å². The summed E-state index contributed by atoms with van der Waals surface area (Å²) < 4.78 is 0. The average molecular weight is 184 g/mol. The summed E-state index contributed by atoms with van der Waals surface area (Å²) in [6.45, 7) is 6.69. The van der Waals surface area contributed by atoms with Crippen molar-refractivity contribution >= 4 is 0 Å². The van der Waals surface area contributed by atoms with Gasteiger partial charge in [-0.3, -0.25) is 0 Å². The van der Waals surface area contributed by atoms with Crippen LogP contribution in [0.15, 0.2) is 0 Å². The predicted molar refractivity (Wildman–Crippen MR) is 56.7 cm³/mol. The van der Waals surface area contributed by atoms with E-state index in [1.807, 2.05) is 0 Å². The normalized spacial score (nSPS) is 36.5. The summed E-state index contributed by atoms with van der Waals surface area (Å²) in [5.74, 6) is 1.21. The standard InChI is InChI=1S/C12H24O/c1-4-6-10(2)9-12(13)8-5-7-11(12)3/h10-11,13H,4-9H2,1-3H3. The van der Waals surface area contributed by atoms with Crippen LogP contribution >= 0.6 is 0 Å². The van der Waals surface area contributed by atoms with E-state index in [9.17, 15) is 5.11 Å². The molecule has 13 heavy (non-hydrogen) atoms. The van der Waals surface area contributed by atoms with Gasteiger partial charge in [0, 0.05) is 0 Å². The maximum absolute atomic E-state index is 10.4. The van der Waals surface area contributed by atoms with Crippen molar-refractivity contribution in [3.8, 4) is 0 Å². The lowest BCUT2D eigenvalue weighted by Gasteiger charge is -2.30. The van der Waals surface area contributed by atoms with Crippen LogP contribution in [0.5, 0.6) is 0 Å². The van der Waals surface area contributed by atoms with Crippen molar-refractivity contribution in [1.82, 2.24) is 0 Å². The first kappa shape index (κ1) is 11.0. The smallest absolute Gasteiger partial charge is 0.0675 e. The summed E-state index contributed by atoms with van der Waals surface area (Å²) >= 11 is 0. The minimum absolute atomic E-state index is 0.325. The van der Waals surface area contributed by atoms with Gasteiger partial charge in [-0.05, 0) is 31.1 Å². The Balaban J connectivity index is 2.41. The second-order valence-electron chi connectivity index (χ2n) is 4.99. The Morgan fingerprint density at radius 3 is 2.69 bits per heavy atom. The number of hydrogen-bond donors (Lipinski definition) is 1. The molecule has 0 bridgehead atoms. The first-order chi connectivity index (χ1) is 6.08. The first-order valence-corrected chi connectivity index (χ1v) is 5.81. The van der Waals surface area contributed by atoms with Gasteiger partial charge in [0.1, 0.15) is 0 Å². The fourth-order valence-electron chi connectivity index (χ4n) is 2.73. The Morgan fingerprint density at radius 2 is 2.23 bits per heavy atom. The van der Waals surface area contributed by atoms with Crippen molar-refractivity contribution in [2.24, 2.45) is 11.8 Å². The number of aliphatic hydroxyl groups is 1. The SMILES string of the molecule is CCCC(C)CC1(O)CCCC1C. The zero-order valence-corrected chi connectivity index (χ0v) is 9.34. The molecule has 0 heterocycles. The van der Waals surface area contributed by atoms with Crippen molar-refractivity contribution in [3.05, 3.63) is 0 Å². The number of hydrogen-bond acceptors (Lipinski definition) is 1. The van der Waals surface area contributed by atoms with Crippen molar-refractivity contribution in [2.75, 3.05) is 0 Å². The van der Waals surface area contributed by atoms with Crippen LogP contribution in [-0.2, 0) is 0 Å². The molecule has 1 rings (SSSR count). The molecule has 3 unspecified atom stereocenters. The van der Waals surface area contributed by atoms with Gasteiger partial charge < -0.3 is 5.11 Å². The summed E-state index contributed by atoms with van der Waals surface area (Å²) in [4.78, 5) is 0. The molecule has 0 aromatic heterocycles. The van der Waals surface area contributed by atoms with Crippen LogP contribution in [0.25, 0.3) is 0 Å². The lowest BCUT2D eigenvalue weighted by Crippen LogP contribution is -2.33. The topological polar surface area (TPSA) is 20.2 Å². The Labute approximate surface area is 82.5 Å². The van der Waals surface area contributed by atoms with Crippen molar-refractivity contribution in [2.45, 2.75) is 64.9 Å². The third-order valence-electron chi connectivity index (χ3n) is 3.65. The van der Waals surface area contributed by atoms with Crippen LogP contribution in [0.4, 0.5) is 0 Å². The molecule has 1 aliphatic rings. The van der Waals surface area contributed by atoms with Crippen molar-refractivity contribution in [1.29, 1.82) is 0 Å². The van der Waals surface area contributed by atoms with E-state index in [4.69, 9.17) is 0 Å². The molecule has 0 spiro atoms. The first-order valence-electron chi connectivity index (χ1n) is 5.81. The van der Waals surface area contributed by atoms with Gasteiger partial charge in [-0.15, -0.1) is 0 Å². The van der Waals surface area contributed by atoms with E-state index < -0.39 is 0 Å². The molecular weight excluding hydrogens is 160 g/mol. The maximum Gasteiger partial charge on any atom is 0.0675 e. The second-order valence-corrected chi connectivity index (χ2v) is 4.99. The van der Waals surface area contributed by atoms with Crippen LogP contribution in [0.3, 0.4) is 0 Å². The molecule has 0 radical (unpaired) electrons. The van der Waals surface area contributed by atoms with E-state index in [2.05, 4.69) is 20.8 Å². The third kappa shape index (κ3) is 2.70. The van der Waals surface area contributed by atoms with Gasteiger partial charge >= 0.3 is 0 Å².